The first kappa shape index (κ1) is 31.7. The third kappa shape index (κ3) is 9.35. The van der Waals surface area contributed by atoms with E-state index in [9.17, 15) is 18.0 Å². The zero-order chi connectivity index (χ0) is 30.2. The number of aryl methyl sites for hydroxylation is 1. The van der Waals surface area contributed by atoms with Crippen LogP contribution in [0.2, 0.25) is 0 Å². The second-order valence-corrected chi connectivity index (χ2v) is 13.0. The Hall–Kier alpha value is -3.85. The number of sulfonamides is 1. The van der Waals surface area contributed by atoms with Gasteiger partial charge < -0.3 is 15.0 Å². The molecule has 0 saturated carbocycles. The summed E-state index contributed by atoms with van der Waals surface area (Å²) >= 11 is 0. The lowest BCUT2D eigenvalue weighted by Crippen LogP contribution is -2.56. The lowest BCUT2D eigenvalue weighted by atomic mass is 10.00. The van der Waals surface area contributed by atoms with Crippen molar-refractivity contribution in [1.82, 2.24) is 10.2 Å². The summed E-state index contributed by atoms with van der Waals surface area (Å²) in [5.74, 6) is -0.202. The van der Waals surface area contributed by atoms with Crippen molar-refractivity contribution in [2.45, 2.75) is 59.2 Å². The minimum Gasteiger partial charge on any atom is -0.494 e. The molecule has 0 radical (unpaired) electrons. The van der Waals surface area contributed by atoms with Gasteiger partial charge in [0.05, 0.1) is 18.6 Å². The molecule has 8 nitrogen and oxygen atoms in total. The summed E-state index contributed by atoms with van der Waals surface area (Å²) in [4.78, 5) is 29.5. The largest absolute Gasteiger partial charge is 0.494 e. The first-order chi connectivity index (χ1) is 19.3. The van der Waals surface area contributed by atoms with Crippen LogP contribution < -0.4 is 14.4 Å². The summed E-state index contributed by atoms with van der Waals surface area (Å²) in [6.07, 6.45) is 1.33. The van der Waals surface area contributed by atoms with Crippen molar-refractivity contribution in [3.8, 4) is 5.75 Å². The molecule has 9 heteroatoms. The fourth-order valence-corrected chi connectivity index (χ4v) is 5.32. The van der Waals surface area contributed by atoms with Crippen LogP contribution >= 0.6 is 0 Å². The number of rotatable bonds is 12. The molecule has 0 aliphatic heterocycles. The molecule has 0 aliphatic rings. The fraction of sp³-hybridized carbons (Fsp3) is 0.375. The average molecular weight is 580 g/mol. The summed E-state index contributed by atoms with van der Waals surface area (Å²) in [6.45, 7) is 9.61. The van der Waals surface area contributed by atoms with Crippen LogP contribution in [0.1, 0.15) is 44.4 Å². The van der Waals surface area contributed by atoms with Crippen molar-refractivity contribution in [2.24, 2.45) is 0 Å². The minimum atomic E-state index is -3.84. The van der Waals surface area contributed by atoms with Crippen LogP contribution in [0.25, 0.3) is 0 Å². The summed E-state index contributed by atoms with van der Waals surface area (Å²) in [5.41, 5.74) is 2.51. The molecule has 0 aromatic heterocycles. The van der Waals surface area contributed by atoms with Crippen LogP contribution in [0.15, 0.2) is 78.9 Å². The molecule has 0 bridgehead atoms. The van der Waals surface area contributed by atoms with Gasteiger partial charge >= 0.3 is 0 Å². The van der Waals surface area contributed by atoms with Gasteiger partial charge in [-0.2, -0.15) is 0 Å². The lowest BCUT2D eigenvalue weighted by Gasteiger charge is -2.35. The first-order valence-corrected chi connectivity index (χ1v) is 15.5. The Morgan fingerprint density at radius 1 is 0.927 bits per heavy atom. The van der Waals surface area contributed by atoms with Crippen LogP contribution in [0, 0.1) is 6.92 Å². The third-order valence-electron chi connectivity index (χ3n) is 6.49. The van der Waals surface area contributed by atoms with Gasteiger partial charge in [0.1, 0.15) is 18.3 Å². The molecule has 0 heterocycles. The number of hydrogen-bond donors (Lipinski definition) is 1. The van der Waals surface area contributed by atoms with E-state index in [4.69, 9.17) is 4.74 Å². The van der Waals surface area contributed by atoms with Crippen molar-refractivity contribution in [3.63, 3.8) is 0 Å². The van der Waals surface area contributed by atoms with Gasteiger partial charge in [-0.25, -0.2) is 8.42 Å². The predicted octanol–water partition coefficient (Wildman–Crippen LogP) is 4.71. The van der Waals surface area contributed by atoms with Gasteiger partial charge in [-0.05, 0) is 75.6 Å². The second-order valence-electron chi connectivity index (χ2n) is 11.1. The molecular formula is C32H41N3O5S. The van der Waals surface area contributed by atoms with E-state index in [1.54, 1.807) is 24.3 Å². The SMILES string of the molecule is CCOc1ccc(N(CC(=O)N(Cc2ccccc2C)[C@H](Cc2ccccc2)C(=O)NC(C)(C)C)S(C)(=O)=O)cc1. The zero-order valence-corrected chi connectivity index (χ0v) is 25.6. The number of carbonyl (C=O) groups is 2. The molecule has 1 atom stereocenters. The fourth-order valence-electron chi connectivity index (χ4n) is 4.47. The van der Waals surface area contributed by atoms with Gasteiger partial charge in [0, 0.05) is 18.5 Å². The van der Waals surface area contributed by atoms with Crippen LogP contribution in [0.3, 0.4) is 0 Å². The van der Waals surface area contributed by atoms with Gasteiger partial charge in [-0.15, -0.1) is 0 Å². The summed E-state index contributed by atoms with van der Waals surface area (Å²) < 4.78 is 32.4. The van der Waals surface area contributed by atoms with E-state index in [-0.39, 0.29) is 18.9 Å². The van der Waals surface area contributed by atoms with Crippen molar-refractivity contribution in [3.05, 3.63) is 95.6 Å². The van der Waals surface area contributed by atoms with Gasteiger partial charge in [-0.1, -0.05) is 54.6 Å². The van der Waals surface area contributed by atoms with Crippen molar-refractivity contribution >= 4 is 27.5 Å². The third-order valence-corrected chi connectivity index (χ3v) is 7.63. The topological polar surface area (TPSA) is 96.0 Å². The maximum atomic E-state index is 14.2. The monoisotopic (exact) mass is 579 g/mol. The lowest BCUT2D eigenvalue weighted by molar-refractivity contribution is -0.140. The second kappa shape index (κ2) is 13.7. The Labute approximate surface area is 244 Å². The maximum Gasteiger partial charge on any atom is 0.244 e. The van der Waals surface area contributed by atoms with Crippen molar-refractivity contribution < 1.29 is 22.7 Å². The number of anilines is 1. The van der Waals surface area contributed by atoms with Crippen molar-refractivity contribution in [1.29, 1.82) is 0 Å². The van der Waals surface area contributed by atoms with E-state index in [2.05, 4.69) is 5.32 Å². The van der Waals surface area contributed by atoms with Crippen LogP contribution in [-0.4, -0.2) is 56.1 Å². The number of ether oxygens (including phenoxy) is 1. The Morgan fingerprint density at radius 3 is 2.10 bits per heavy atom. The van der Waals surface area contributed by atoms with Gasteiger partial charge in [0.15, 0.2) is 0 Å². The van der Waals surface area contributed by atoms with Gasteiger partial charge in [-0.3, -0.25) is 13.9 Å². The highest BCUT2D eigenvalue weighted by molar-refractivity contribution is 7.92. The van der Waals surface area contributed by atoms with E-state index in [1.807, 2.05) is 89.2 Å². The smallest absolute Gasteiger partial charge is 0.244 e. The average Bonchev–Trinajstić information content (AvgIpc) is 2.90. The predicted molar refractivity (Wildman–Crippen MR) is 163 cm³/mol. The summed E-state index contributed by atoms with van der Waals surface area (Å²) in [5, 5.41) is 3.03. The highest BCUT2D eigenvalue weighted by Crippen LogP contribution is 2.24. The molecule has 220 valence electrons. The Kier molecular flexibility index (Phi) is 10.6. The van der Waals surface area contributed by atoms with E-state index < -0.39 is 34.1 Å². The van der Waals surface area contributed by atoms with Crippen LogP contribution in [-0.2, 0) is 32.6 Å². The number of nitrogens with one attached hydrogen (secondary N) is 1. The number of hydrogen-bond acceptors (Lipinski definition) is 5. The van der Waals surface area contributed by atoms with Gasteiger partial charge in [0.25, 0.3) is 0 Å². The van der Waals surface area contributed by atoms with Crippen LogP contribution in [0.5, 0.6) is 5.75 Å². The number of amides is 2. The van der Waals surface area contributed by atoms with E-state index in [0.717, 1.165) is 27.3 Å². The molecular weight excluding hydrogens is 538 g/mol. The summed E-state index contributed by atoms with van der Waals surface area (Å²) in [7, 11) is -3.84. The van der Waals surface area contributed by atoms with E-state index in [1.165, 1.54) is 4.90 Å². The molecule has 0 unspecified atom stereocenters. The molecule has 0 aliphatic carbocycles. The number of carbonyl (C=O) groups excluding carboxylic acids is 2. The molecule has 3 aromatic rings. The molecule has 0 saturated heterocycles. The standard InChI is InChI=1S/C32H41N3O5S/c1-7-40-28-19-17-27(18-20-28)35(41(6,38)39)23-30(36)34(22-26-16-12-11-13-24(26)2)29(31(37)33-32(3,4)5)21-25-14-9-8-10-15-25/h8-20,29H,7,21-23H2,1-6H3,(H,33,37)/t29-/m1/s1. The number of nitrogens with zero attached hydrogens (tertiary/aromatic N) is 2. The normalized spacial score (nSPS) is 12.3. The van der Waals surface area contributed by atoms with E-state index >= 15 is 0 Å². The molecule has 2 amide bonds. The van der Waals surface area contributed by atoms with Gasteiger partial charge in [0.2, 0.25) is 21.8 Å². The maximum absolute atomic E-state index is 14.2. The summed E-state index contributed by atoms with van der Waals surface area (Å²) in [6, 6.07) is 22.8. The van der Waals surface area contributed by atoms with Crippen LogP contribution in [0.4, 0.5) is 5.69 Å². The van der Waals surface area contributed by atoms with E-state index in [0.29, 0.717) is 18.0 Å². The highest BCUT2D eigenvalue weighted by atomic mass is 32.2. The molecule has 0 spiro atoms. The Morgan fingerprint density at radius 2 is 1.54 bits per heavy atom. The zero-order valence-electron chi connectivity index (χ0n) is 24.8. The quantitative estimate of drug-likeness (QED) is 0.335. The molecule has 0 fully saturated rings. The first-order valence-electron chi connectivity index (χ1n) is 13.7. The highest BCUT2D eigenvalue weighted by Gasteiger charge is 2.34. The molecule has 3 rings (SSSR count). The molecule has 3 aromatic carbocycles. The van der Waals surface area contributed by atoms with Crippen molar-refractivity contribution in [2.75, 3.05) is 23.7 Å². The Balaban J connectivity index is 2.06. The minimum absolute atomic E-state index is 0.140. The molecule has 41 heavy (non-hydrogen) atoms. The Bertz CT molecular complexity index is 1420. The molecule has 1 N–H and O–H groups in total. The number of benzene rings is 3.